The zero-order valence-corrected chi connectivity index (χ0v) is 10.5. The van der Waals surface area contributed by atoms with Crippen molar-refractivity contribution in [1.82, 2.24) is 5.32 Å². The second-order valence-electron chi connectivity index (χ2n) is 3.86. The Morgan fingerprint density at radius 1 is 1.41 bits per heavy atom. The Morgan fingerprint density at radius 3 is 2.94 bits per heavy atom. The fourth-order valence-corrected chi connectivity index (χ4v) is 1.49. The maximum Gasteiger partial charge on any atom is 0.238 e. The standard InChI is InChI=1S/C13H20N2O2/c1-3-7-14-9-13(16)15-12-6-4-5-11(8-12)10-17-2/h4-6,8,14H,3,7,9-10H2,1-2H3,(H,15,16). The summed E-state index contributed by atoms with van der Waals surface area (Å²) in [5.74, 6) is -0.0204. The molecule has 4 heteroatoms. The van der Waals surface area contributed by atoms with E-state index in [9.17, 15) is 4.79 Å². The number of rotatable bonds is 7. The highest BCUT2D eigenvalue weighted by atomic mass is 16.5. The molecule has 0 unspecified atom stereocenters. The number of hydrogen-bond donors (Lipinski definition) is 2. The molecule has 2 N–H and O–H groups in total. The summed E-state index contributed by atoms with van der Waals surface area (Å²) in [5.41, 5.74) is 1.86. The van der Waals surface area contributed by atoms with Crippen LogP contribution in [0, 0.1) is 0 Å². The van der Waals surface area contributed by atoms with Crippen LogP contribution < -0.4 is 10.6 Å². The SMILES string of the molecule is CCCNCC(=O)Nc1cccc(COC)c1. The molecule has 1 aromatic rings. The van der Waals surface area contributed by atoms with Gasteiger partial charge >= 0.3 is 0 Å². The molecule has 0 bridgehead atoms. The number of hydrogen-bond acceptors (Lipinski definition) is 3. The third-order valence-corrected chi connectivity index (χ3v) is 2.23. The number of carbonyl (C=O) groups is 1. The first-order valence-corrected chi connectivity index (χ1v) is 5.84. The molecule has 0 saturated carbocycles. The fourth-order valence-electron chi connectivity index (χ4n) is 1.49. The molecule has 17 heavy (non-hydrogen) atoms. The first-order valence-electron chi connectivity index (χ1n) is 5.84. The van der Waals surface area contributed by atoms with Crippen molar-refractivity contribution in [2.75, 3.05) is 25.5 Å². The summed E-state index contributed by atoms with van der Waals surface area (Å²) < 4.78 is 5.04. The van der Waals surface area contributed by atoms with Crippen LogP contribution in [-0.2, 0) is 16.1 Å². The summed E-state index contributed by atoms with van der Waals surface area (Å²) in [6, 6.07) is 7.66. The number of amides is 1. The number of methoxy groups -OCH3 is 1. The average molecular weight is 236 g/mol. The van der Waals surface area contributed by atoms with Crippen molar-refractivity contribution in [3.63, 3.8) is 0 Å². The van der Waals surface area contributed by atoms with Gasteiger partial charge in [-0.25, -0.2) is 0 Å². The van der Waals surface area contributed by atoms with Crippen molar-refractivity contribution < 1.29 is 9.53 Å². The van der Waals surface area contributed by atoms with Crippen molar-refractivity contribution in [2.45, 2.75) is 20.0 Å². The third-order valence-electron chi connectivity index (χ3n) is 2.23. The van der Waals surface area contributed by atoms with Gasteiger partial charge in [-0.05, 0) is 30.7 Å². The molecule has 0 aliphatic heterocycles. The molecule has 0 aliphatic carbocycles. The molecule has 1 amide bonds. The number of nitrogens with one attached hydrogen (secondary N) is 2. The van der Waals surface area contributed by atoms with Gasteiger partial charge in [-0.1, -0.05) is 19.1 Å². The van der Waals surface area contributed by atoms with Gasteiger partial charge in [-0.15, -0.1) is 0 Å². The minimum Gasteiger partial charge on any atom is -0.380 e. The monoisotopic (exact) mass is 236 g/mol. The van der Waals surface area contributed by atoms with Gasteiger partial charge in [0.25, 0.3) is 0 Å². The van der Waals surface area contributed by atoms with Gasteiger partial charge in [0, 0.05) is 12.8 Å². The quantitative estimate of drug-likeness (QED) is 0.709. The Kier molecular flexibility index (Phi) is 6.29. The topological polar surface area (TPSA) is 50.4 Å². The molecule has 0 spiro atoms. The van der Waals surface area contributed by atoms with Crippen LogP contribution in [0.5, 0.6) is 0 Å². The van der Waals surface area contributed by atoms with Crippen LogP contribution >= 0.6 is 0 Å². The molecule has 4 nitrogen and oxygen atoms in total. The number of benzene rings is 1. The Balaban J connectivity index is 2.44. The van der Waals surface area contributed by atoms with E-state index in [1.54, 1.807) is 7.11 Å². The molecule has 0 aliphatic rings. The van der Waals surface area contributed by atoms with Crippen molar-refractivity contribution in [3.8, 4) is 0 Å². The predicted octanol–water partition coefficient (Wildman–Crippen LogP) is 1.77. The lowest BCUT2D eigenvalue weighted by atomic mass is 10.2. The van der Waals surface area contributed by atoms with Crippen molar-refractivity contribution in [2.24, 2.45) is 0 Å². The molecule has 0 aromatic heterocycles. The number of anilines is 1. The molecule has 0 fully saturated rings. The lowest BCUT2D eigenvalue weighted by Gasteiger charge is -2.07. The number of ether oxygens (including phenoxy) is 1. The van der Waals surface area contributed by atoms with E-state index in [-0.39, 0.29) is 5.91 Å². The third kappa shape index (κ3) is 5.47. The molecule has 1 aromatic carbocycles. The zero-order chi connectivity index (χ0) is 12.5. The highest BCUT2D eigenvalue weighted by molar-refractivity contribution is 5.92. The predicted molar refractivity (Wildman–Crippen MR) is 68.9 cm³/mol. The van der Waals surface area contributed by atoms with Gasteiger partial charge in [0.15, 0.2) is 0 Å². The van der Waals surface area contributed by atoms with E-state index in [4.69, 9.17) is 4.74 Å². The highest BCUT2D eigenvalue weighted by Crippen LogP contribution is 2.11. The van der Waals surface area contributed by atoms with Crippen LogP contribution in [0.25, 0.3) is 0 Å². The van der Waals surface area contributed by atoms with Gasteiger partial charge in [-0.3, -0.25) is 4.79 Å². The Morgan fingerprint density at radius 2 is 2.24 bits per heavy atom. The van der Waals surface area contributed by atoms with Gasteiger partial charge < -0.3 is 15.4 Å². The lowest BCUT2D eigenvalue weighted by Crippen LogP contribution is -2.28. The Hall–Kier alpha value is -1.39. The highest BCUT2D eigenvalue weighted by Gasteiger charge is 2.01. The van der Waals surface area contributed by atoms with Crippen molar-refractivity contribution >= 4 is 11.6 Å². The Bertz CT molecular complexity index is 353. The maximum atomic E-state index is 11.6. The molecule has 0 atom stereocenters. The first-order chi connectivity index (χ1) is 8.26. The Labute approximate surface area is 102 Å². The summed E-state index contributed by atoms with van der Waals surface area (Å²) in [6.45, 7) is 3.83. The van der Waals surface area contributed by atoms with Gasteiger partial charge in [0.2, 0.25) is 5.91 Å². The molecular weight excluding hydrogens is 216 g/mol. The van der Waals surface area contributed by atoms with E-state index >= 15 is 0 Å². The first kappa shape index (κ1) is 13.7. The van der Waals surface area contributed by atoms with E-state index in [0.717, 1.165) is 24.2 Å². The van der Waals surface area contributed by atoms with Gasteiger partial charge in [0.1, 0.15) is 0 Å². The average Bonchev–Trinajstić information content (AvgIpc) is 2.30. The van der Waals surface area contributed by atoms with Crippen molar-refractivity contribution in [1.29, 1.82) is 0 Å². The van der Waals surface area contributed by atoms with E-state index in [2.05, 4.69) is 17.6 Å². The van der Waals surface area contributed by atoms with Gasteiger partial charge in [-0.2, -0.15) is 0 Å². The molecule has 94 valence electrons. The number of carbonyl (C=O) groups excluding carboxylic acids is 1. The van der Waals surface area contributed by atoms with Crippen LogP contribution in [0.1, 0.15) is 18.9 Å². The van der Waals surface area contributed by atoms with Crippen LogP contribution in [0.3, 0.4) is 0 Å². The van der Waals surface area contributed by atoms with Crippen molar-refractivity contribution in [3.05, 3.63) is 29.8 Å². The smallest absolute Gasteiger partial charge is 0.238 e. The maximum absolute atomic E-state index is 11.6. The molecule has 0 heterocycles. The van der Waals surface area contributed by atoms with E-state index in [1.165, 1.54) is 0 Å². The summed E-state index contributed by atoms with van der Waals surface area (Å²) in [4.78, 5) is 11.6. The van der Waals surface area contributed by atoms with E-state index in [0.29, 0.717) is 13.2 Å². The summed E-state index contributed by atoms with van der Waals surface area (Å²) in [5, 5.41) is 5.90. The summed E-state index contributed by atoms with van der Waals surface area (Å²) >= 11 is 0. The summed E-state index contributed by atoms with van der Waals surface area (Å²) in [6.07, 6.45) is 1.02. The minimum atomic E-state index is -0.0204. The molecule has 0 radical (unpaired) electrons. The minimum absolute atomic E-state index is 0.0204. The second kappa shape index (κ2) is 7.81. The van der Waals surface area contributed by atoms with Gasteiger partial charge in [0.05, 0.1) is 13.2 Å². The second-order valence-corrected chi connectivity index (χ2v) is 3.86. The van der Waals surface area contributed by atoms with Crippen LogP contribution in [0.2, 0.25) is 0 Å². The fraction of sp³-hybridized carbons (Fsp3) is 0.462. The van der Waals surface area contributed by atoms with Crippen LogP contribution in [0.4, 0.5) is 5.69 Å². The molecule has 1 rings (SSSR count). The van der Waals surface area contributed by atoms with E-state index < -0.39 is 0 Å². The lowest BCUT2D eigenvalue weighted by molar-refractivity contribution is -0.115. The molecular formula is C13H20N2O2. The largest absolute Gasteiger partial charge is 0.380 e. The normalized spacial score (nSPS) is 10.2. The van der Waals surface area contributed by atoms with Crippen LogP contribution in [0.15, 0.2) is 24.3 Å². The summed E-state index contributed by atoms with van der Waals surface area (Å²) in [7, 11) is 1.65. The molecule has 0 saturated heterocycles. The zero-order valence-electron chi connectivity index (χ0n) is 10.5. The van der Waals surface area contributed by atoms with E-state index in [1.807, 2.05) is 24.3 Å². The van der Waals surface area contributed by atoms with Crippen LogP contribution in [-0.4, -0.2) is 26.1 Å².